The number of benzene rings is 3. The number of nitrogens with zero attached hydrogens (tertiary/aromatic N) is 3. The average molecular weight is 427 g/mol. The third-order valence-corrected chi connectivity index (χ3v) is 5.09. The van der Waals surface area contributed by atoms with Crippen LogP contribution in [0.1, 0.15) is 34.2 Å². The van der Waals surface area contributed by atoms with Crippen molar-refractivity contribution in [3.8, 4) is 22.8 Å². The SMILES string of the molecule is CCOc1ccc(NC(=O)c2nc(-c3cccc(C)c3)n(-c3ccc(C)cc3C)n2)cc1. The van der Waals surface area contributed by atoms with E-state index in [0.717, 1.165) is 33.7 Å². The van der Waals surface area contributed by atoms with Gasteiger partial charge in [-0.3, -0.25) is 4.79 Å². The molecule has 0 saturated heterocycles. The number of anilines is 1. The third-order valence-electron chi connectivity index (χ3n) is 5.09. The van der Waals surface area contributed by atoms with Crippen LogP contribution >= 0.6 is 0 Å². The fraction of sp³-hybridized carbons (Fsp3) is 0.192. The second kappa shape index (κ2) is 9.06. The molecule has 162 valence electrons. The maximum Gasteiger partial charge on any atom is 0.295 e. The van der Waals surface area contributed by atoms with Gasteiger partial charge in [0.15, 0.2) is 5.82 Å². The van der Waals surface area contributed by atoms with E-state index in [2.05, 4.69) is 28.4 Å². The Hall–Kier alpha value is -3.93. The highest BCUT2D eigenvalue weighted by molar-refractivity contribution is 6.01. The summed E-state index contributed by atoms with van der Waals surface area (Å²) in [5.74, 6) is 1.11. The number of ether oxygens (including phenoxy) is 1. The number of hydrogen-bond donors (Lipinski definition) is 1. The van der Waals surface area contributed by atoms with Gasteiger partial charge in [-0.1, -0.05) is 41.5 Å². The summed E-state index contributed by atoms with van der Waals surface area (Å²) in [7, 11) is 0. The summed E-state index contributed by atoms with van der Waals surface area (Å²) >= 11 is 0. The molecule has 1 heterocycles. The van der Waals surface area contributed by atoms with Crippen LogP contribution in [-0.2, 0) is 0 Å². The first-order chi connectivity index (χ1) is 15.4. The summed E-state index contributed by atoms with van der Waals surface area (Å²) in [5, 5.41) is 7.46. The molecule has 0 aliphatic carbocycles. The van der Waals surface area contributed by atoms with E-state index < -0.39 is 0 Å². The first kappa shape index (κ1) is 21.3. The lowest BCUT2D eigenvalue weighted by Gasteiger charge is -2.10. The van der Waals surface area contributed by atoms with E-state index in [1.165, 1.54) is 0 Å². The van der Waals surface area contributed by atoms with Crippen molar-refractivity contribution in [2.24, 2.45) is 0 Å². The van der Waals surface area contributed by atoms with E-state index in [1.807, 2.05) is 69.3 Å². The van der Waals surface area contributed by atoms with E-state index in [4.69, 9.17) is 4.74 Å². The fourth-order valence-corrected chi connectivity index (χ4v) is 3.58. The second-order valence-corrected chi connectivity index (χ2v) is 7.74. The zero-order valence-corrected chi connectivity index (χ0v) is 18.7. The average Bonchev–Trinajstić information content (AvgIpc) is 3.21. The Bertz CT molecular complexity index is 1260. The van der Waals surface area contributed by atoms with Crippen LogP contribution in [0.5, 0.6) is 5.75 Å². The molecular formula is C26H26N4O2. The first-order valence-electron chi connectivity index (χ1n) is 10.6. The van der Waals surface area contributed by atoms with Crippen molar-refractivity contribution in [1.82, 2.24) is 14.8 Å². The predicted molar refractivity (Wildman–Crippen MR) is 127 cm³/mol. The molecule has 0 spiro atoms. The zero-order chi connectivity index (χ0) is 22.7. The Kier molecular flexibility index (Phi) is 6.03. The minimum atomic E-state index is -0.369. The number of amides is 1. The molecule has 0 fully saturated rings. The zero-order valence-electron chi connectivity index (χ0n) is 18.7. The molecule has 1 aromatic heterocycles. The minimum absolute atomic E-state index is 0.107. The number of carbonyl (C=O) groups is 1. The number of hydrogen-bond acceptors (Lipinski definition) is 4. The molecule has 0 radical (unpaired) electrons. The van der Waals surface area contributed by atoms with Gasteiger partial charge in [-0.25, -0.2) is 9.67 Å². The van der Waals surface area contributed by atoms with Crippen LogP contribution in [0.4, 0.5) is 5.69 Å². The number of rotatable bonds is 6. The Morgan fingerprint density at radius 1 is 0.969 bits per heavy atom. The largest absolute Gasteiger partial charge is 0.494 e. The lowest BCUT2D eigenvalue weighted by atomic mass is 10.1. The highest BCUT2D eigenvalue weighted by Crippen LogP contribution is 2.25. The molecule has 0 unspecified atom stereocenters. The lowest BCUT2D eigenvalue weighted by molar-refractivity contribution is 0.101. The van der Waals surface area contributed by atoms with Gasteiger partial charge < -0.3 is 10.1 Å². The quantitative estimate of drug-likeness (QED) is 0.441. The van der Waals surface area contributed by atoms with Crippen molar-refractivity contribution < 1.29 is 9.53 Å². The Balaban J connectivity index is 1.72. The van der Waals surface area contributed by atoms with Gasteiger partial charge in [0.1, 0.15) is 5.75 Å². The second-order valence-electron chi connectivity index (χ2n) is 7.74. The van der Waals surface area contributed by atoms with E-state index in [9.17, 15) is 4.79 Å². The molecule has 0 atom stereocenters. The lowest BCUT2D eigenvalue weighted by Crippen LogP contribution is -2.14. The van der Waals surface area contributed by atoms with E-state index >= 15 is 0 Å². The van der Waals surface area contributed by atoms with Crippen molar-refractivity contribution in [2.45, 2.75) is 27.7 Å². The van der Waals surface area contributed by atoms with Crippen molar-refractivity contribution in [3.63, 3.8) is 0 Å². The van der Waals surface area contributed by atoms with Gasteiger partial charge in [-0.05, 0) is 69.7 Å². The maximum atomic E-state index is 13.0. The van der Waals surface area contributed by atoms with Crippen LogP contribution in [0.3, 0.4) is 0 Å². The van der Waals surface area contributed by atoms with E-state index in [1.54, 1.807) is 16.8 Å². The van der Waals surface area contributed by atoms with Gasteiger partial charge in [0, 0.05) is 11.3 Å². The maximum absolute atomic E-state index is 13.0. The van der Waals surface area contributed by atoms with Gasteiger partial charge in [-0.2, -0.15) is 0 Å². The molecule has 32 heavy (non-hydrogen) atoms. The molecule has 4 rings (SSSR count). The van der Waals surface area contributed by atoms with Gasteiger partial charge in [0.2, 0.25) is 5.82 Å². The molecule has 1 N–H and O–H groups in total. The molecule has 4 aromatic rings. The minimum Gasteiger partial charge on any atom is -0.494 e. The van der Waals surface area contributed by atoms with Gasteiger partial charge >= 0.3 is 0 Å². The number of nitrogens with one attached hydrogen (secondary N) is 1. The van der Waals surface area contributed by atoms with Gasteiger partial charge in [0.05, 0.1) is 12.3 Å². The number of aryl methyl sites for hydroxylation is 3. The Morgan fingerprint density at radius 2 is 1.72 bits per heavy atom. The van der Waals surface area contributed by atoms with Crippen LogP contribution in [0.25, 0.3) is 17.1 Å². The summed E-state index contributed by atoms with van der Waals surface area (Å²) in [4.78, 5) is 17.6. The normalized spacial score (nSPS) is 10.8. The summed E-state index contributed by atoms with van der Waals surface area (Å²) < 4.78 is 7.20. The van der Waals surface area contributed by atoms with Gasteiger partial charge in [-0.15, -0.1) is 5.10 Å². The van der Waals surface area contributed by atoms with Crippen LogP contribution < -0.4 is 10.1 Å². The Morgan fingerprint density at radius 3 is 2.41 bits per heavy atom. The molecule has 0 aliphatic rings. The number of aromatic nitrogens is 3. The molecular weight excluding hydrogens is 400 g/mol. The highest BCUT2D eigenvalue weighted by Gasteiger charge is 2.20. The van der Waals surface area contributed by atoms with Crippen molar-refractivity contribution in [3.05, 3.63) is 89.2 Å². The molecule has 0 saturated carbocycles. The molecule has 0 bridgehead atoms. The molecule has 3 aromatic carbocycles. The van der Waals surface area contributed by atoms with Crippen molar-refractivity contribution in [2.75, 3.05) is 11.9 Å². The smallest absolute Gasteiger partial charge is 0.295 e. The van der Waals surface area contributed by atoms with Crippen LogP contribution in [0.2, 0.25) is 0 Å². The van der Waals surface area contributed by atoms with Crippen molar-refractivity contribution >= 4 is 11.6 Å². The van der Waals surface area contributed by atoms with Crippen LogP contribution in [0, 0.1) is 20.8 Å². The predicted octanol–water partition coefficient (Wildman–Crippen LogP) is 5.51. The fourth-order valence-electron chi connectivity index (χ4n) is 3.58. The van der Waals surface area contributed by atoms with Crippen molar-refractivity contribution in [1.29, 1.82) is 0 Å². The Labute approximate surface area is 187 Å². The molecule has 1 amide bonds. The topological polar surface area (TPSA) is 69.0 Å². The summed E-state index contributed by atoms with van der Waals surface area (Å²) in [6.07, 6.45) is 0. The van der Waals surface area contributed by atoms with E-state index in [-0.39, 0.29) is 11.7 Å². The van der Waals surface area contributed by atoms with Crippen LogP contribution in [-0.4, -0.2) is 27.3 Å². The van der Waals surface area contributed by atoms with Crippen LogP contribution in [0.15, 0.2) is 66.7 Å². The number of carbonyl (C=O) groups excluding carboxylic acids is 1. The monoisotopic (exact) mass is 426 g/mol. The van der Waals surface area contributed by atoms with Gasteiger partial charge in [0.25, 0.3) is 5.91 Å². The molecule has 6 nitrogen and oxygen atoms in total. The standard InChI is InChI=1S/C26H26N4O2/c1-5-32-22-12-10-21(11-13-22)27-26(31)24-28-25(20-8-6-7-17(2)16-20)30(29-24)23-14-9-18(3)15-19(23)4/h6-16H,5H2,1-4H3,(H,27,31). The summed E-state index contributed by atoms with van der Waals surface area (Å²) in [5.41, 5.74) is 5.77. The first-order valence-corrected chi connectivity index (χ1v) is 10.6. The molecule has 6 heteroatoms. The summed E-state index contributed by atoms with van der Waals surface area (Å²) in [6, 6.07) is 21.4. The molecule has 0 aliphatic heterocycles. The summed E-state index contributed by atoms with van der Waals surface area (Å²) in [6.45, 7) is 8.63. The van der Waals surface area contributed by atoms with E-state index in [0.29, 0.717) is 18.1 Å². The third kappa shape index (κ3) is 4.54. The highest BCUT2D eigenvalue weighted by atomic mass is 16.5.